The average molecular weight is 478 g/mol. The highest BCUT2D eigenvalue weighted by atomic mass is 79.9. The zero-order valence-electron chi connectivity index (χ0n) is 15.8. The van der Waals surface area contributed by atoms with Crippen LogP contribution in [0.15, 0.2) is 46.9 Å². The van der Waals surface area contributed by atoms with E-state index in [1.54, 1.807) is 17.7 Å². The molecule has 29 heavy (non-hydrogen) atoms. The van der Waals surface area contributed by atoms with Crippen LogP contribution >= 0.6 is 15.9 Å². The summed E-state index contributed by atoms with van der Waals surface area (Å²) in [6.07, 6.45) is 0.496. The van der Waals surface area contributed by atoms with Gasteiger partial charge in [-0.1, -0.05) is 28.1 Å². The molecule has 3 aromatic rings. The average Bonchev–Trinajstić information content (AvgIpc) is 3.21. The molecule has 9 heteroatoms. The number of carbonyl (C=O) groups is 1. The lowest BCUT2D eigenvalue weighted by molar-refractivity contribution is -0.118. The summed E-state index contributed by atoms with van der Waals surface area (Å²) in [6.45, 7) is 1.65. The Bertz CT molecular complexity index is 1190. The Morgan fingerprint density at radius 3 is 2.76 bits per heavy atom. The fraction of sp³-hybridized carbons (Fsp3) is 0.300. The Labute approximate surface area is 177 Å². The van der Waals surface area contributed by atoms with E-state index in [1.165, 1.54) is 0 Å². The maximum atomic E-state index is 12.4. The Balaban J connectivity index is 1.42. The number of anilines is 1. The quantitative estimate of drug-likeness (QED) is 0.607. The van der Waals surface area contributed by atoms with Gasteiger partial charge in [0, 0.05) is 10.5 Å². The topological polar surface area (TPSA) is 90.3 Å². The number of aryl methyl sites for hydroxylation is 1. The van der Waals surface area contributed by atoms with E-state index in [0.717, 1.165) is 15.2 Å². The summed E-state index contributed by atoms with van der Waals surface area (Å²) in [7, 11) is -3.05. The van der Waals surface area contributed by atoms with Gasteiger partial charge >= 0.3 is 0 Å². The van der Waals surface area contributed by atoms with E-state index in [2.05, 4.69) is 26.3 Å². The van der Waals surface area contributed by atoms with Crippen molar-refractivity contribution < 1.29 is 17.9 Å². The number of fused-ring (bicyclic) bond motifs is 1. The second-order valence-corrected chi connectivity index (χ2v) is 10.3. The predicted molar refractivity (Wildman–Crippen MR) is 115 cm³/mol. The van der Waals surface area contributed by atoms with Gasteiger partial charge in [-0.15, -0.1) is 0 Å². The number of hydrogen-bond donors (Lipinski definition) is 1. The number of nitrogens with one attached hydrogen (secondary N) is 1. The summed E-state index contributed by atoms with van der Waals surface area (Å²) in [4.78, 5) is 12.4. The summed E-state index contributed by atoms with van der Waals surface area (Å²) in [5, 5.41) is 9.24. The Morgan fingerprint density at radius 2 is 2.00 bits per heavy atom. The molecular weight excluding hydrogens is 458 g/mol. The number of benzene rings is 2. The molecule has 1 aliphatic rings. The van der Waals surface area contributed by atoms with Crippen molar-refractivity contribution in [2.45, 2.75) is 19.4 Å². The minimum Gasteiger partial charge on any atom is -0.484 e. The lowest BCUT2D eigenvalue weighted by atomic mass is 10.1. The molecule has 7 nitrogen and oxygen atoms in total. The highest BCUT2D eigenvalue weighted by molar-refractivity contribution is 9.10. The highest BCUT2D eigenvalue weighted by Gasteiger charge is 2.31. The number of sulfone groups is 1. The van der Waals surface area contributed by atoms with E-state index < -0.39 is 9.84 Å². The van der Waals surface area contributed by atoms with Gasteiger partial charge in [0.25, 0.3) is 5.91 Å². The molecule has 1 N–H and O–H groups in total. The molecule has 2 aromatic carbocycles. The number of amides is 1. The van der Waals surface area contributed by atoms with Crippen molar-refractivity contribution in [3.05, 3.63) is 52.6 Å². The molecule has 0 bridgehead atoms. The van der Waals surface area contributed by atoms with Crippen LogP contribution in [-0.4, -0.2) is 42.2 Å². The predicted octanol–water partition coefficient (Wildman–Crippen LogP) is 3.48. The first-order valence-electron chi connectivity index (χ1n) is 9.18. The van der Waals surface area contributed by atoms with E-state index in [0.29, 0.717) is 23.7 Å². The molecule has 1 aromatic heterocycles. The summed E-state index contributed by atoms with van der Waals surface area (Å²) in [5.41, 5.74) is 0.714. The summed E-state index contributed by atoms with van der Waals surface area (Å²) in [6, 6.07) is 13.0. The van der Waals surface area contributed by atoms with Gasteiger partial charge < -0.3 is 10.1 Å². The van der Waals surface area contributed by atoms with Crippen molar-refractivity contribution in [2.24, 2.45) is 0 Å². The molecule has 152 valence electrons. The third-order valence-corrected chi connectivity index (χ3v) is 7.07. The second kappa shape index (κ2) is 7.79. The zero-order chi connectivity index (χ0) is 20.6. The van der Waals surface area contributed by atoms with Crippen molar-refractivity contribution >= 4 is 48.3 Å². The third-order valence-electron chi connectivity index (χ3n) is 4.82. The van der Waals surface area contributed by atoms with Gasteiger partial charge in [0.1, 0.15) is 11.6 Å². The molecule has 0 saturated carbocycles. The van der Waals surface area contributed by atoms with E-state index in [9.17, 15) is 13.2 Å². The van der Waals surface area contributed by atoms with Gasteiger partial charge in [0.2, 0.25) is 0 Å². The van der Waals surface area contributed by atoms with Crippen LogP contribution in [0.3, 0.4) is 0 Å². The Hall–Kier alpha value is -2.39. The third kappa shape index (κ3) is 4.62. The number of aromatic nitrogens is 2. The lowest BCUT2D eigenvalue weighted by Crippen LogP contribution is -2.23. The summed E-state index contributed by atoms with van der Waals surface area (Å²) >= 11 is 3.45. The van der Waals surface area contributed by atoms with Crippen molar-refractivity contribution in [1.82, 2.24) is 9.78 Å². The fourth-order valence-electron chi connectivity index (χ4n) is 3.47. The van der Waals surface area contributed by atoms with Crippen molar-refractivity contribution in [3.63, 3.8) is 0 Å². The molecule has 1 saturated heterocycles. The standard InChI is InChI=1S/C20H20BrN3O4S/c1-13-8-19(24(23-13)17-6-7-29(26,27)12-17)22-20(25)11-28-18-5-3-14-9-16(21)4-2-15(14)10-18/h2-5,8-10,17H,6-7,11-12H2,1H3,(H,22,25). The van der Waals surface area contributed by atoms with Gasteiger partial charge in [0.05, 0.1) is 23.2 Å². The summed E-state index contributed by atoms with van der Waals surface area (Å²) in [5.74, 6) is 0.942. The maximum absolute atomic E-state index is 12.4. The number of hydrogen-bond acceptors (Lipinski definition) is 5. The normalized spacial score (nSPS) is 18.1. The molecule has 1 amide bonds. The molecule has 0 radical (unpaired) electrons. The van der Waals surface area contributed by atoms with E-state index in [4.69, 9.17) is 4.74 Å². The minimum absolute atomic E-state index is 0.0424. The van der Waals surface area contributed by atoms with E-state index >= 15 is 0 Å². The first-order valence-corrected chi connectivity index (χ1v) is 11.8. The maximum Gasteiger partial charge on any atom is 0.263 e. The van der Waals surface area contributed by atoms with Gasteiger partial charge in [0.15, 0.2) is 16.4 Å². The van der Waals surface area contributed by atoms with Crippen molar-refractivity contribution in [1.29, 1.82) is 0 Å². The van der Waals surface area contributed by atoms with E-state index in [-0.39, 0.29) is 30.1 Å². The lowest BCUT2D eigenvalue weighted by Gasteiger charge is -2.14. The molecule has 1 aliphatic heterocycles. The molecular formula is C20H20BrN3O4S. The number of halogens is 1. The summed E-state index contributed by atoms with van der Waals surface area (Å²) < 4.78 is 31.8. The molecule has 0 aliphatic carbocycles. The van der Waals surface area contributed by atoms with Crippen molar-refractivity contribution in [2.75, 3.05) is 23.4 Å². The van der Waals surface area contributed by atoms with Crippen LogP contribution in [0.1, 0.15) is 18.2 Å². The molecule has 0 spiro atoms. The minimum atomic E-state index is -3.05. The van der Waals surface area contributed by atoms with Crippen LogP contribution in [-0.2, 0) is 14.6 Å². The van der Waals surface area contributed by atoms with Crippen LogP contribution in [0, 0.1) is 6.92 Å². The monoisotopic (exact) mass is 477 g/mol. The molecule has 2 heterocycles. The molecule has 4 rings (SSSR count). The molecule has 1 unspecified atom stereocenters. The van der Waals surface area contributed by atoms with E-state index in [1.807, 2.05) is 36.4 Å². The van der Waals surface area contributed by atoms with Crippen LogP contribution < -0.4 is 10.1 Å². The number of rotatable bonds is 5. The van der Waals surface area contributed by atoms with Gasteiger partial charge in [-0.05, 0) is 48.4 Å². The number of ether oxygens (including phenoxy) is 1. The van der Waals surface area contributed by atoms with Crippen LogP contribution in [0.2, 0.25) is 0 Å². The Kier molecular flexibility index (Phi) is 5.35. The van der Waals surface area contributed by atoms with Crippen LogP contribution in [0.5, 0.6) is 5.75 Å². The zero-order valence-corrected chi connectivity index (χ0v) is 18.2. The smallest absolute Gasteiger partial charge is 0.263 e. The fourth-order valence-corrected chi connectivity index (χ4v) is 5.54. The van der Waals surface area contributed by atoms with Gasteiger partial charge in [-0.25, -0.2) is 13.1 Å². The largest absolute Gasteiger partial charge is 0.484 e. The van der Waals surface area contributed by atoms with Gasteiger partial charge in [-0.3, -0.25) is 4.79 Å². The first kappa shape index (κ1) is 19.9. The highest BCUT2D eigenvalue weighted by Crippen LogP contribution is 2.27. The number of carbonyl (C=O) groups excluding carboxylic acids is 1. The number of nitrogens with zero attached hydrogens (tertiary/aromatic N) is 2. The molecule has 1 atom stereocenters. The molecule has 1 fully saturated rings. The SMILES string of the molecule is Cc1cc(NC(=O)COc2ccc3cc(Br)ccc3c2)n(C2CCS(=O)(=O)C2)n1. The van der Waals surface area contributed by atoms with Crippen LogP contribution in [0.4, 0.5) is 5.82 Å². The first-order chi connectivity index (χ1) is 13.8. The second-order valence-electron chi connectivity index (χ2n) is 7.16. The van der Waals surface area contributed by atoms with Crippen molar-refractivity contribution in [3.8, 4) is 5.75 Å². The van der Waals surface area contributed by atoms with Crippen LogP contribution in [0.25, 0.3) is 10.8 Å². The Morgan fingerprint density at radius 1 is 1.24 bits per heavy atom. The van der Waals surface area contributed by atoms with Gasteiger partial charge in [-0.2, -0.15) is 5.10 Å².